The van der Waals surface area contributed by atoms with Crippen molar-refractivity contribution in [2.75, 3.05) is 18.4 Å². The highest BCUT2D eigenvalue weighted by Gasteiger charge is 2.27. The number of anilines is 1. The van der Waals surface area contributed by atoms with E-state index in [0.717, 1.165) is 0 Å². The molecule has 0 aliphatic carbocycles. The third kappa shape index (κ3) is 5.27. The number of amidine groups is 1. The Hall–Kier alpha value is -4.46. The predicted molar refractivity (Wildman–Crippen MR) is 131 cm³/mol. The third-order valence-electron chi connectivity index (χ3n) is 5.09. The number of fused-ring (bicyclic) bond motifs is 1. The highest BCUT2D eigenvalue weighted by molar-refractivity contribution is 7.91. The molecule has 3 aromatic rings. The molecule has 36 heavy (non-hydrogen) atoms. The summed E-state index contributed by atoms with van der Waals surface area (Å²) < 4.78 is 36.8. The van der Waals surface area contributed by atoms with E-state index in [1.54, 1.807) is 44.2 Å². The van der Waals surface area contributed by atoms with Gasteiger partial charge < -0.3 is 21.1 Å². The summed E-state index contributed by atoms with van der Waals surface area (Å²) in [5.74, 6) is -0.175. The zero-order valence-corrected chi connectivity index (χ0v) is 20.5. The largest absolute Gasteiger partial charge is 0.490 e. The molecule has 13 nitrogen and oxygen atoms in total. The number of pyridine rings is 1. The molecule has 188 valence electrons. The van der Waals surface area contributed by atoms with E-state index in [4.69, 9.17) is 10.5 Å². The first-order valence-electron chi connectivity index (χ1n) is 10.7. The average molecular weight is 513 g/mol. The molecule has 3 heterocycles. The third-order valence-corrected chi connectivity index (χ3v) is 6.01. The molecule has 1 aromatic carbocycles. The van der Waals surface area contributed by atoms with E-state index in [0.29, 0.717) is 22.7 Å². The molecular weight excluding hydrogens is 488 g/mol. The fraction of sp³-hybridized carbons (Fsp3) is 0.227. The maximum absolute atomic E-state index is 13.0. The normalized spacial score (nSPS) is 14.1. The van der Waals surface area contributed by atoms with Gasteiger partial charge in [0.05, 0.1) is 16.8 Å². The number of nitrogens with zero attached hydrogens (tertiary/aromatic N) is 4. The predicted octanol–water partition coefficient (Wildman–Crippen LogP) is 0.590. The Bertz CT molecular complexity index is 1480. The number of nitrogens with one attached hydrogen (secondary N) is 3. The summed E-state index contributed by atoms with van der Waals surface area (Å²) in [6.45, 7) is 3.59. The van der Waals surface area contributed by atoms with Gasteiger partial charge in [-0.25, -0.2) is 9.97 Å². The van der Waals surface area contributed by atoms with Crippen LogP contribution in [0.4, 0.5) is 5.69 Å². The number of hydrogen-bond acceptors (Lipinski definition) is 8. The van der Waals surface area contributed by atoms with Crippen molar-refractivity contribution in [2.45, 2.75) is 19.4 Å². The van der Waals surface area contributed by atoms with Gasteiger partial charge in [0.2, 0.25) is 0 Å². The van der Waals surface area contributed by atoms with Crippen LogP contribution in [0, 0.1) is 0 Å². The fourth-order valence-electron chi connectivity index (χ4n) is 3.41. The molecule has 1 aliphatic rings. The van der Waals surface area contributed by atoms with Crippen LogP contribution in [-0.4, -0.2) is 59.8 Å². The van der Waals surface area contributed by atoms with Gasteiger partial charge in [-0.15, -0.1) is 4.40 Å². The number of rotatable bonds is 7. The molecule has 2 aromatic heterocycles. The van der Waals surface area contributed by atoms with E-state index in [1.165, 1.54) is 30.3 Å². The molecule has 5 N–H and O–H groups in total. The van der Waals surface area contributed by atoms with E-state index in [-0.39, 0.29) is 35.6 Å². The highest BCUT2D eigenvalue weighted by Crippen LogP contribution is 2.30. The summed E-state index contributed by atoms with van der Waals surface area (Å²) in [5, 5.41) is 5.40. The van der Waals surface area contributed by atoms with Gasteiger partial charge in [0.1, 0.15) is 30.2 Å². The minimum atomic E-state index is -3.91. The minimum Gasteiger partial charge on any atom is -0.490 e. The second-order valence-electron chi connectivity index (χ2n) is 8.51. The van der Waals surface area contributed by atoms with E-state index < -0.39 is 15.7 Å². The Morgan fingerprint density at radius 2 is 1.97 bits per heavy atom. The van der Waals surface area contributed by atoms with Crippen LogP contribution in [0.25, 0.3) is 5.82 Å². The van der Waals surface area contributed by atoms with Crippen LogP contribution in [0.3, 0.4) is 0 Å². The molecule has 0 saturated carbocycles. The quantitative estimate of drug-likeness (QED) is 0.354. The number of amides is 2. The number of aromatic nitrogens is 3. The van der Waals surface area contributed by atoms with Crippen LogP contribution in [0.1, 0.15) is 40.3 Å². The van der Waals surface area contributed by atoms with Gasteiger partial charge in [-0.1, -0.05) is 6.07 Å². The van der Waals surface area contributed by atoms with Crippen LogP contribution in [0.15, 0.2) is 53.5 Å². The summed E-state index contributed by atoms with van der Waals surface area (Å²) in [4.78, 5) is 33.0. The minimum absolute atomic E-state index is 0.0458. The molecule has 0 atom stereocenters. The van der Waals surface area contributed by atoms with Gasteiger partial charge in [-0.3, -0.25) is 18.9 Å². The number of hydrogen-bond donors (Lipinski definition) is 4. The molecule has 0 radical (unpaired) electrons. The highest BCUT2D eigenvalue weighted by atomic mass is 32.2. The van der Waals surface area contributed by atoms with Crippen molar-refractivity contribution < 1.29 is 22.7 Å². The van der Waals surface area contributed by atoms with Crippen molar-refractivity contribution >= 4 is 33.5 Å². The first kappa shape index (κ1) is 24.7. The van der Waals surface area contributed by atoms with E-state index >= 15 is 0 Å². The van der Waals surface area contributed by atoms with Crippen LogP contribution in [0.2, 0.25) is 0 Å². The Kier molecular flexibility index (Phi) is 6.37. The summed E-state index contributed by atoms with van der Waals surface area (Å²) in [6, 6.07) is 7.92. The van der Waals surface area contributed by atoms with Gasteiger partial charge in [0.25, 0.3) is 11.8 Å². The second-order valence-corrected chi connectivity index (χ2v) is 9.84. The summed E-state index contributed by atoms with van der Waals surface area (Å²) >= 11 is 0. The van der Waals surface area contributed by atoms with E-state index in [1.807, 2.05) is 0 Å². The lowest BCUT2D eigenvalue weighted by Crippen LogP contribution is -2.48. The number of carbonyl (C=O) groups excluding carboxylic acids is 2. The first-order chi connectivity index (χ1) is 17.0. The van der Waals surface area contributed by atoms with Crippen molar-refractivity contribution in [3.8, 4) is 11.6 Å². The Balaban J connectivity index is 1.46. The summed E-state index contributed by atoms with van der Waals surface area (Å²) in [5.41, 5.74) is 6.16. The van der Waals surface area contributed by atoms with Crippen molar-refractivity contribution in [2.24, 2.45) is 10.1 Å². The molecule has 1 aliphatic heterocycles. The molecular formula is C22H24N8O5S. The Labute approximate surface area is 207 Å². The maximum atomic E-state index is 13.0. The van der Waals surface area contributed by atoms with Gasteiger partial charge in [-0.05, 0) is 38.1 Å². The lowest BCUT2D eigenvalue weighted by molar-refractivity contribution is 0.0879. The molecule has 0 saturated heterocycles. The van der Waals surface area contributed by atoms with Gasteiger partial charge in [-0.2, -0.15) is 8.42 Å². The molecule has 14 heteroatoms. The average Bonchev–Trinajstić information content (AvgIpc) is 3.31. The zero-order chi connectivity index (χ0) is 26.1. The molecule has 2 amide bonds. The number of imidazole rings is 1. The Morgan fingerprint density at radius 1 is 1.19 bits per heavy atom. The van der Waals surface area contributed by atoms with Crippen LogP contribution >= 0.6 is 0 Å². The molecule has 0 unspecified atom stereocenters. The van der Waals surface area contributed by atoms with Crippen LogP contribution in [-0.2, 0) is 10.2 Å². The lowest BCUT2D eigenvalue weighted by Gasteiger charge is -2.27. The molecule has 4 rings (SSSR count). The van der Waals surface area contributed by atoms with Gasteiger partial charge in [0.15, 0.2) is 5.84 Å². The maximum Gasteiger partial charge on any atom is 0.344 e. The summed E-state index contributed by atoms with van der Waals surface area (Å²) in [6.07, 6.45) is 4.42. The molecule has 0 fully saturated rings. The monoisotopic (exact) mass is 512 g/mol. The standard InChI is InChI=1S/C22H24N8O5S/c1-22(2,11-35-16-6-4-5-14-18(16)19(23)29-36(33,34)28-14)27-20(31)13-7-8-25-17(9-13)30-10-15(26-12-30)21(32)24-3/h4-10,12,28H,11H2,1-3H3,(H2,23,29)(H,24,32)(H,27,31). The second kappa shape index (κ2) is 9.30. The SMILES string of the molecule is CNC(=O)c1cn(-c2cc(C(=O)NC(C)(C)COc3cccc4c3C(N)=NS(=O)(=O)N4)ccn2)cn1. The number of ether oxygens (including phenoxy) is 1. The van der Waals surface area contributed by atoms with E-state index in [2.05, 4.69) is 29.7 Å². The summed E-state index contributed by atoms with van der Waals surface area (Å²) in [7, 11) is -2.40. The number of carbonyl (C=O) groups is 2. The van der Waals surface area contributed by atoms with E-state index in [9.17, 15) is 18.0 Å². The van der Waals surface area contributed by atoms with Gasteiger partial charge >= 0.3 is 10.2 Å². The fourth-order valence-corrected chi connectivity index (χ4v) is 4.25. The topological polar surface area (TPSA) is 183 Å². The molecule has 0 spiro atoms. The van der Waals surface area contributed by atoms with Crippen molar-refractivity contribution in [1.29, 1.82) is 0 Å². The zero-order valence-electron chi connectivity index (χ0n) is 19.6. The number of nitrogens with two attached hydrogens (primary N) is 1. The molecule has 0 bridgehead atoms. The smallest absolute Gasteiger partial charge is 0.344 e. The van der Waals surface area contributed by atoms with Crippen molar-refractivity contribution in [3.05, 3.63) is 65.9 Å². The van der Waals surface area contributed by atoms with Crippen LogP contribution in [0.5, 0.6) is 5.75 Å². The van der Waals surface area contributed by atoms with Crippen LogP contribution < -0.4 is 25.8 Å². The van der Waals surface area contributed by atoms with Crippen molar-refractivity contribution in [3.63, 3.8) is 0 Å². The van der Waals surface area contributed by atoms with Crippen molar-refractivity contribution in [1.82, 2.24) is 25.2 Å². The first-order valence-corrected chi connectivity index (χ1v) is 12.1. The van der Waals surface area contributed by atoms with Gasteiger partial charge in [0, 0.05) is 25.0 Å². The lowest BCUT2D eigenvalue weighted by atomic mass is 10.1. The Morgan fingerprint density at radius 3 is 2.72 bits per heavy atom. The number of benzene rings is 1.